The fourth-order valence-corrected chi connectivity index (χ4v) is 4.06. The van der Waals surface area contributed by atoms with Crippen LogP contribution in [-0.2, 0) is 4.79 Å². The number of fused-ring (bicyclic) bond motifs is 1. The SMILES string of the molecule is C=CC(=O)Nc1cc(Nc2nc(OC3CN(N(C)C)C3)c3cc[nH]c3n2)c(OC)cc1N(C)CCN(C)C.CC. The minimum absolute atomic E-state index is 0.0329. The van der Waals surface area contributed by atoms with Gasteiger partial charge in [-0.1, -0.05) is 20.4 Å². The summed E-state index contributed by atoms with van der Waals surface area (Å²) in [7, 11) is 11.6. The van der Waals surface area contributed by atoms with Crippen LogP contribution in [-0.4, -0.2) is 110 Å². The van der Waals surface area contributed by atoms with Gasteiger partial charge < -0.3 is 34.9 Å². The number of aromatic amines is 1. The van der Waals surface area contributed by atoms with Crippen LogP contribution in [0.3, 0.4) is 0 Å². The minimum Gasteiger partial charge on any atom is -0.494 e. The van der Waals surface area contributed by atoms with E-state index in [0.717, 1.165) is 37.3 Å². The molecule has 40 heavy (non-hydrogen) atoms. The first-order valence-corrected chi connectivity index (χ1v) is 13.4. The van der Waals surface area contributed by atoms with Gasteiger partial charge in [-0.3, -0.25) is 4.79 Å². The number of nitrogens with zero attached hydrogens (tertiary/aromatic N) is 6. The van der Waals surface area contributed by atoms with E-state index < -0.39 is 0 Å². The number of anilines is 4. The van der Waals surface area contributed by atoms with Crippen LogP contribution in [0.1, 0.15) is 13.8 Å². The smallest absolute Gasteiger partial charge is 0.247 e. The molecule has 3 heterocycles. The van der Waals surface area contributed by atoms with Crippen molar-refractivity contribution in [3.63, 3.8) is 0 Å². The Morgan fingerprint density at radius 1 is 1.15 bits per heavy atom. The maximum absolute atomic E-state index is 12.3. The number of amides is 1. The first-order chi connectivity index (χ1) is 19.2. The third-order valence-corrected chi connectivity index (χ3v) is 6.35. The number of ether oxygens (including phenoxy) is 2. The van der Waals surface area contributed by atoms with E-state index in [1.807, 2.05) is 73.5 Å². The second kappa shape index (κ2) is 14.0. The first kappa shape index (κ1) is 30.7. The average molecular weight is 554 g/mol. The van der Waals surface area contributed by atoms with Crippen LogP contribution in [0.25, 0.3) is 11.0 Å². The summed E-state index contributed by atoms with van der Waals surface area (Å²) < 4.78 is 11.9. The number of benzene rings is 1. The van der Waals surface area contributed by atoms with E-state index in [1.165, 1.54) is 6.08 Å². The molecular formula is C28H43N9O3. The summed E-state index contributed by atoms with van der Waals surface area (Å²) in [5.74, 6) is 1.11. The fraction of sp³-hybridized carbons (Fsp3) is 0.464. The summed E-state index contributed by atoms with van der Waals surface area (Å²) in [6.45, 7) is 10.7. The fourth-order valence-electron chi connectivity index (χ4n) is 4.06. The molecule has 2 aromatic heterocycles. The molecule has 0 unspecified atom stereocenters. The van der Waals surface area contributed by atoms with Crippen LogP contribution in [0, 0.1) is 0 Å². The van der Waals surface area contributed by atoms with Crippen molar-refractivity contribution < 1.29 is 14.3 Å². The summed E-state index contributed by atoms with van der Waals surface area (Å²) in [4.78, 5) is 28.9. The Bertz CT molecular complexity index is 1290. The van der Waals surface area contributed by atoms with Gasteiger partial charge in [0.1, 0.15) is 17.5 Å². The lowest BCUT2D eigenvalue weighted by Gasteiger charge is -2.42. The summed E-state index contributed by atoms with van der Waals surface area (Å²) in [6, 6.07) is 5.59. The number of rotatable bonds is 12. The van der Waals surface area contributed by atoms with Gasteiger partial charge in [-0.05, 0) is 32.3 Å². The number of methoxy groups -OCH3 is 1. The molecule has 1 aliphatic heterocycles. The Kier molecular flexibility index (Phi) is 10.7. The third kappa shape index (κ3) is 7.40. The van der Waals surface area contributed by atoms with Gasteiger partial charge in [0.05, 0.1) is 42.6 Å². The van der Waals surface area contributed by atoms with Gasteiger partial charge in [-0.2, -0.15) is 9.97 Å². The van der Waals surface area contributed by atoms with Gasteiger partial charge in [0, 0.05) is 46.5 Å². The summed E-state index contributed by atoms with van der Waals surface area (Å²) >= 11 is 0. The van der Waals surface area contributed by atoms with E-state index in [2.05, 4.69) is 52.0 Å². The molecule has 1 fully saturated rings. The lowest BCUT2D eigenvalue weighted by Crippen LogP contribution is -2.58. The summed E-state index contributed by atoms with van der Waals surface area (Å²) in [5.41, 5.74) is 2.66. The highest BCUT2D eigenvalue weighted by molar-refractivity contribution is 6.02. The number of hydrazine groups is 1. The highest BCUT2D eigenvalue weighted by atomic mass is 16.5. The predicted octanol–water partition coefficient (Wildman–Crippen LogP) is 3.40. The first-order valence-electron chi connectivity index (χ1n) is 13.4. The molecule has 1 saturated heterocycles. The largest absolute Gasteiger partial charge is 0.494 e. The van der Waals surface area contributed by atoms with Crippen LogP contribution >= 0.6 is 0 Å². The van der Waals surface area contributed by atoms with Gasteiger partial charge in [0.2, 0.25) is 17.7 Å². The second-order valence-electron chi connectivity index (χ2n) is 9.66. The van der Waals surface area contributed by atoms with Crippen LogP contribution in [0.4, 0.5) is 23.0 Å². The molecule has 218 valence electrons. The Labute approximate surface area is 236 Å². The molecule has 0 spiro atoms. The molecule has 3 aromatic rings. The van der Waals surface area contributed by atoms with E-state index in [0.29, 0.717) is 34.6 Å². The van der Waals surface area contributed by atoms with Crippen molar-refractivity contribution in [1.82, 2.24) is 29.9 Å². The standard InChI is InChI=1S/C26H37N9O3.C2H6/c1-8-23(36)28-19-13-20(22(37-7)14-21(19)34(6)12-11-32(2)3)29-26-30-24-18(9-10-27-24)25(31-26)38-17-15-35(16-17)33(4)5;1-2/h8-10,13-14,17H,1,11-12,15-16H2,2-7H3,(H,28,36)(H2,27,29,30,31);1-2H3. The number of carbonyl (C=O) groups excluding carboxylic acids is 1. The van der Waals surface area contributed by atoms with Crippen LogP contribution < -0.4 is 25.0 Å². The predicted molar refractivity (Wildman–Crippen MR) is 162 cm³/mol. The van der Waals surface area contributed by atoms with Gasteiger partial charge in [0.15, 0.2) is 0 Å². The number of aromatic nitrogens is 3. The normalized spacial score (nSPS) is 13.4. The Balaban J connectivity index is 0.00000216. The molecule has 1 aliphatic rings. The zero-order chi connectivity index (χ0) is 29.4. The maximum Gasteiger partial charge on any atom is 0.247 e. The Morgan fingerprint density at radius 2 is 1.88 bits per heavy atom. The summed E-state index contributed by atoms with van der Waals surface area (Å²) in [6.07, 6.45) is 3.08. The molecule has 0 aliphatic carbocycles. The number of carbonyl (C=O) groups is 1. The minimum atomic E-state index is -0.310. The van der Waals surface area contributed by atoms with Crippen LogP contribution in [0.15, 0.2) is 37.1 Å². The van der Waals surface area contributed by atoms with E-state index in [-0.39, 0.29) is 12.0 Å². The molecular weight excluding hydrogens is 510 g/mol. The van der Waals surface area contributed by atoms with Gasteiger partial charge in [0.25, 0.3) is 0 Å². The molecule has 1 amide bonds. The Hall–Kier alpha value is -3.87. The molecule has 0 saturated carbocycles. The van der Waals surface area contributed by atoms with Crippen molar-refractivity contribution in [3.8, 4) is 11.6 Å². The van der Waals surface area contributed by atoms with Crippen molar-refractivity contribution in [3.05, 3.63) is 37.1 Å². The van der Waals surface area contributed by atoms with E-state index in [4.69, 9.17) is 9.47 Å². The van der Waals surface area contributed by atoms with E-state index in [9.17, 15) is 4.79 Å². The number of hydrogen-bond donors (Lipinski definition) is 3. The summed E-state index contributed by atoms with van der Waals surface area (Å²) in [5, 5.41) is 11.2. The topological polar surface area (TPSA) is 114 Å². The lowest BCUT2D eigenvalue weighted by atomic mass is 10.2. The van der Waals surface area contributed by atoms with Gasteiger partial charge in [-0.25, -0.2) is 10.0 Å². The van der Waals surface area contributed by atoms with Crippen molar-refractivity contribution >= 4 is 40.0 Å². The number of nitrogens with one attached hydrogen (secondary N) is 3. The zero-order valence-electron chi connectivity index (χ0n) is 24.9. The average Bonchev–Trinajstić information content (AvgIpc) is 3.39. The maximum atomic E-state index is 12.3. The van der Waals surface area contributed by atoms with Gasteiger partial charge in [-0.15, -0.1) is 0 Å². The van der Waals surface area contributed by atoms with E-state index in [1.54, 1.807) is 7.11 Å². The van der Waals surface area contributed by atoms with Crippen molar-refractivity contribution in [2.24, 2.45) is 0 Å². The zero-order valence-corrected chi connectivity index (χ0v) is 24.9. The van der Waals surface area contributed by atoms with Gasteiger partial charge >= 0.3 is 0 Å². The second-order valence-corrected chi connectivity index (χ2v) is 9.66. The highest BCUT2D eigenvalue weighted by Crippen LogP contribution is 2.38. The Morgan fingerprint density at radius 3 is 2.50 bits per heavy atom. The lowest BCUT2D eigenvalue weighted by molar-refractivity contribution is -0.111. The number of hydrogen-bond acceptors (Lipinski definition) is 10. The molecule has 12 heteroatoms. The van der Waals surface area contributed by atoms with E-state index >= 15 is 0 Å². The molecule has 4 rings (SSSR count). The van der Waals surface area contributed by atoms with Crippen molar-refractivity contribution in [2.75, 3.05) is 84.1 Å². The van der Waals surface area contributed by atoms with Crippen molar-refractivity contribution in [1.29, 1.82) is 0 Å². The molecule has 0 atom stereocenters. The monoisotopic (exact) mass is 553 g/mol. The quantitative estimate of drug-likeness (QED) is 0.288. The number of likely N-dealkylation sites (N-methyl/N-ethyl adjacent to an activating group) is 2. The van der Waals surface area contributed by atoms with Crippen LogP contribution in [0.2, 0.25) is 0 Å². The van der Waals surface area contributed by atoms with Crippen LogP contribution in [0.5, 0.6) is 11.6 Å². The molecule has 1 aromatic carbocycles. The third-order valence-electron chi connectivity index (χ3n) is 6.35. The molecule has 0 radical (unpaired) electrons. The molecule has 3 N–H and O–H groups in total. The molecule has 12 nitrogen and oxygen atoms in total. The number of H-pyrrole nitrogens is 1. The highest BCUT2D eigenvalue weighted by Gasteiger charge is 2.31. The van der Waals surface area contributed by atoms with Crippen molar-refractivity contribution in [2.45, 2.75) is 20.0 Å². The molecule has 0 bridgehead atoms.